The maximum absolute atomic E-state index is 13.1. The third-order valence-electron chi connectivity index (χ3n) is 5.46. The highest BCUT2D eigenvalue weighted by Crippen LogP contribution is 2.35. The summed E-state index contributed by atoms with van der Waals surface area (Å²) in [4.78, 5) is 27.0. The Morgan fingerprint density at radius 2 is 1.76 bits per heavy atom. The summed E-state index contributed by atoms with van der Waals surface area (Å²) < 4.78 is 0. The molecule has 0 fully saturated rings. The van der Waals surface area contributed by atoms with Gasteiger partial charge in [-0.3, -0.25) is 4.79 Å². The molecule has 1 amide bonds. The van der Waals surface area contributed by atoms with E-state index in [1.165, 1.54) is 18.2 Å². The second-order valence-corrected chi connectivity index (χ2v) is 7.46. The van der Waals surface area contributed by atoms with Crippen LogP contribution in [0.5, 0.6) is 11.5 Å². The summed E-state index contributed by atoms with van der Waals surface area (Å²) in [5.74, 6) is 0.100. The lowest BCUT2D eigenvalue weighted by Gasteiger charge is -2.30. The van der Waals surface area contributed by atoms with Gasteiger partial charge in [-0.05, 0) is 55.7 Å². The van der Waals surface area contributed by atoms with Gasteiger partial charge in [0, 0.05) is 35.4 Å². The number of aromatic amines is 1. The Morgan fingerprint density at radius 3 is 2.50 bits per heavy atom. The SMILES string of the molecule is CC.CC.Cc1nc(-c2ccc3c(c2)CCCN3C(=O)c2ccc(O)cc2O)c2cc[nH]c2n1. The van der Waals surface area contributed by atoms with Crippen LogP contribution >= 0.6 is 0 Å². The molecule has 2 aromatic carbocycles. The highest BCUT2D eigenvalue weighted by molar-refractivity contribution is 6.08. The van der Waals surface area contributed by atoms with Crippen molar-refractivity contribution in [1.82, 2.24) is 15.0 Å². The molecule has 4 aromatic rings. The Bertz CT molecular complexity index is 1300. The van der Waals surface area contributed by atoms with E-state index in [1.54, 1.807) is 4.90 Å². The summed E-state index contributed by atoms with van der Waals surface area (Å²) in [6.45, 7) is 10.4. The fourth-order valence-corrected chi connectivity index (χ4v) is 4.07. The maximum atomic E-state index is 13.1. The monoisotopic (exact) mass is 460 g/mol. The zero-order chi connectivity index (χ0) is 24.8. The first-order valence-corrected chi connectivity index (χ1v) is 11.8. The number of anilines is 1. The molecule has 3 N–H and O–H groups in total. The number of aromatic hydroxyl groups is 2. The maximum Gasteiger partial charge on any atom is 0.262 e. The van der Waals surface area contributed by atoms with E-state index in [-0.39, 0.29) is 23.0 Å². The fourth-order valence-electron chi connectivity index (χ4n) is 4.07. The van der Waals surface area contributed by atoms with Crippen LogP contribution in [0.3, 0.4) is 0 Å². The Balaban J connectivity index is 0.000000771. The fraction of sp³-hybridized carbons (Fsp3) is 0.296. The van der Waals surface area contributed by atoms with Crippen LogP contribution in [-0.4, -0.2) is 37.6 Å². The van der Waals surface area contributed by atoms with Crippen LogP contribution in [0, 0.1) is 6.92 Å². The van der Waals surface area contributed by atoms with E-state index in [4.69, 9.17) is 0 Å². The Hall–Kier alpha value is -3.87. The Labute approximate surface area is 200 Å². The quantitative estimate of drug-likeness (QED) is 0.341. The van der Waals surface area contributed by atoms with Crippen molar-refractivity contribution in [3.63, 3.8) is 0 Å². The number of aryl methyl sites for hydroxylation is 2. The smallest absolute Gasteiger partial charge is 0.262 e. The number of carbonyl (C=O) groups excluding carboxylic acids is 1. The molecule has 7 heteroatoms. The van der Waals surface area contributed by atoms with E-state index in [9.17, 15) is 15.0 Å². The zero-order valence-corrected chi connectivity index (χ0v) is 20.4. The summed E-state index contributed by atoms with van der Waals surface area (Å²) >= 11 is 0. The van der Waals surface area contributed by atoms with Gasteiger partial charge in [0.15, 0.2) is 0 Å². The number of nitrogens with one attached hydrogen (secondary N) is 1. The number of aromatic nitrogens is 3. The number of nitrogens with zero attached hydrogens (tertiary/aromatic N) is 3. The average molecular weight is 461 g/mol. The number of benzene rings is 2. The van der Waals surface area contributed by atoms with Crippen molar-refractivity contribution in [2.75, 3.05) is 11.4 Å². The van der Waals surface area contributed by atoms with Crippen LogP contribution in [0.1, 0.15) is 55.9 Å². The number of rotatable bonds is 2. The molecule has 0 unspecified atom stereocenters. The zero-order valence-electron chi connectivity index (χ0n) is 20.4. The molecule has 0 saturated carbocycles. The van der Waals surface area contributed by atoms with Crippen molar-refractivity contribution in [2.45, 2.75) is 47.5 Å². The van der Waals surface area contributed by atoms with Gasteiger partial charge in [0.25, 0.3) is 5.91 Å². The molecular formula is C27H32N4O3. The topological polar surface area (TPSA) is 102 Å². The van der Waals surface area contributed by atoms with Crippen molar-refractivity contribution < 1.29 is 15.0 Å². The van der Waals surface area contributed by atoms with Gasteiger partial charge in [0.05, 0.1) is 11.3 Å². The molecule has 178 valence electrons. The predicted molar refractivity (Wildman–Crippen MR) is 137 cm³/mol. The van der Waals surface area contributed by atoms with Gasteiger partial charge in [-0.2, -0.15) is 0 Å². The molecule has 5 rings (SSSR count). The number of amides is 1. The minimum absolute atomic E-state index is 0.0797. The number of fused-ring (bicyclic) bond motifs is 2. The van der Waals surface area contributed by atoms with Gasteiger partial charge >= 0.3 is 0 Å². The molecule has 0 bridgehead atoms. The van der Waals surface area contributed by atoms with E-state index >= 15 is 0 Å². The Morgan fingerprint density at radius 1 is 1.00 bits per heavy atom. The molecule has 3 heterocycles. The highest BCUT2D eigenvalue weighted by atomic mass is 16.3. The largest absolute Gasteiger partial charge is 0.508 e. The van der Waals surface area contributed by atoms with Gasteiger partial charge in [0.1, 0.15) is 23.0 Å². The van der Waals surface area contributed by atoms with E-state index in [1.807, 2.05) is 59.0 Å². The number of hydrogen-bond donors (Lipinski definition) is 3. The highest BCUT2D eigenvalue weighted by Gasteiger charge is 2.26. The molecule has 1 aliphatic rings. The lowest BCUT2D eigenvalue weighted by atomic mass is 9.96. The second-order valence-electron chi connectivity index (χ2n) is 7.46. The number of carbonyl (C=O) groups is 1. The molecule has 7 nitrogen and oxygen atoms in total. The van der Waals surface area contributed by atoms with E-state index < -0.39 is 0 Å². The third kappa shape index (κ3) is 4.73. The van der Waals surface area contributed by atoms with Crippen molar-refractivity contribution in [1.29, 1.82) is 0 Å². The normalized spacial score (nSPS) is 12.2. The van der Waals surface area contributed by atoms with E-state index in [0.29, 0.717) is 12.4 Å². The van der Waals surface area contributed by atoms with Crippen LogP contribution in [0.2, 0.25) is 0 Å². The number of hydrogen-bond acceptors (Lipinski definition) is 5. The first-order valence-electron chi connectivity index (χ1n) is 11.8. The lowest BCUT2D eigenvalue weighted by Crippen LogP contribution is -2.35. The van der Waals surface area contributed by atoms with Crippen molar-refractivity contribution >= 4 is 22.6 Å². The molecule has 2 aromatic heterocycles. The summed E-state index contributed by atoms with van der Waals surface area (Å²) in [6, 6.07) is 12.0. The first-order chi connectivity index (χ1) is 16.5. The Kier molecular flexibility index (Phi) is 7.89. The van der Waals surface area contributed by atoms with Gasteiger partial charge in [-0.15, -0.1) is 0 Å². The van der Waals surface area contributed by atoms with Crippen molar-refractivity contribution in [3.8, 4) is 22.8 Å². The third-order valence-corrected chi connectivity index (χ3v) is 5.46. The summed E-state index contributed by atoms with van der Waals surface area (Å²) in [6.07, 6.45) is 3.53. The van der Waals surface area contributed by atoms with Crippen LogP contribution < -0.4 is 4.90 Å². The van der Waals surface area contributed by atoms with Gasteiger partial charge in [-0.1, -0.05) is 33.8 Å². The molecule has 34 heavy (non-hydrogen) atoms. The van der Waals surface area contributed by atoms with E-state index in [0.717, 1.165) is 46.4 Å². The van der Waals surface area contributed by atoms with Crippen molar-refractivity contribution in [3.05, 3.63) is 65.6 Å². The van der Waals surface area contributed by atoms with Crippen LogP contribution in [0.15, 0.2) is 48.7 Å². The van der Waals surface area contributed by atoms with Gasteiger partial charge in [-0.25, -0.2) is 9.97 Å². The number of phenols is 2. The molecule has 0 saturated heterocycles. The first kappa shape index (κ1) is 24.8. The average Bonchev–Trinajstić information content (AvgIpc) is 3.33. The van der Waals surface area contributed by atoms with Gasteiger partial charge < -0.3 is 20.1 Å². The number of phenolic OH excluding ortho intramolecular Hbond substituents is 2. The van der Waals surface area contributed by atoms with Gasteiger partial charge in [0.2, 0.25) is 0 Å². The minimum atomic E-state index is -0.285. The number of H-pyrrole nitrogens is 1. The molecule has 0 aliphatic carbocycles. The molecule has 0 atom stereocenters. The summed E-state index contributed by atoms with van der Waals surface area (Å²) in [5, 5.41) is 20.6. The van der Waals surface area contributed by atoms with Crippen LogP contribution in [0.4, 0.5) is 5.69 Å². The van der Waals surface area contributed by atoms with Crippen molar-refractivity contribution in [2.24, 2.45) is 0 Å². The van der Waals surface area contributed by atoms with Crippen LogP contribution in [0.25, 0.3) is 22.3 Å². The van der Waals surface area contributed by atoms with Crippen LogP contribution in [-0.2, 0) is 6.42 Å². The standard InChI is InChI=1S/C23H20N4O3.2C2H6/c1-13-25-21(18-8-9-24-22(18)26-13)15-4-7-19-14(11-15)3-2-10-27(19)23(30)17-6-5-16(28)12-20(17)29;2*1-2/h4-9,11-12,28-29H,2-3,10H2,1H3,(H,24,25,26);2*1-2H3. The molecule has 1 aliphatic heterocycles. The second kappa shape index (κ2) is 10.8. The predicted octanol–water partition coefficient (Wildman–Crippen LogP) is 5.99. The summed E-state index contributed by atoms with van der Waals surface area (Å²) in [7, 11) is 0. The molecule has 0 radical (unpaired) electrons. The molecule has 0 spiro atoms. The minimum Gasteiger partial charge on any atom is -0.508 e. The lowest BCUT2D eigenvalue weighted by molar-refractivity contribution is 0.0982. The molecular weight excluding hydrogens is 428 g/mol. The summed E-state index contributed by atoms with van der Waals surface area (Å²) in [5.41, 5.74) is 4.70. The van der Waals surface area contributed by atoms with E-state index in [2.05, 4.69) is 21.0 Å².